The van der Waals surface area contributed by atoms with Crippen LogP contribution in [0.1, 0.15) is 27.5 Å². The smallest absolute Gasteiger partial charge is 0.265 e. The zero-order chi connectivity index (χ0) is 14.8. The summed E-state index contributed by atoms with van der Waals surface area (Å²) in [7, 11) is 0. The van der Waals surface area contributed by atoms with Crippen LogP contribution in [-0.4, -0.2) is 17.5 Å². The van der Waals surface area contributed by atoms with Gasteiger partial charge in [-0.1, -0.05) is 40.2 Å². The molecule has 4 nitrogen and oxygen atoms in total. The highest BCUT2D eigenvalue weighted by Gasteiger charge is 2.24. The fraction of sp³-hybridized carbons (Fsp3) is 0.188. The number of hydrogen-bond donors (Lipinski definition) is 2. The number of hydrogen-bond acceptors (Lipinski definition) is 3. The van der Waals surface area contributed by atoms with Gasteiger partial charge < -0.3 is 5.73 Å². The molecule has 1 amide bonds. The van der Waals surface area contributed by atoms with Crippen molar-refractivity contribution < 1.29 is 4.79 Å². The third-order valence-corrected chi connectivity index (χ3v) is 4.07. The average Bonchev–Trinajstić information content (AvgIpc) is 2.47. The van der Waals surface area contributed by atoms with Crippen molar-refractivity contribution in [1.29, 1.82) is 0 Å². The zero-order valence-corrected chi connectivity index (χ0v) is 13.0. The first-order chi connectivity index (χ1) is 10.1. The van der Waals surface area contributed by atoms with E-state index in [4.69, 9.17) is 5.73 Å². The van der Waals surface area contributed by atoms with Crippen molar-refractivity contribution >= 4 is 21.8 Å². The summed E-state index contributed by atoms with van der Waals surface area (Å²) in [6.45, 7) is 1.26. The lowest BCUT2D eigenvalue weighted by Crippen LogP contribution is -2.47. The Morgan fingerprint density at radius 2 is 2.00 bits per heavy atom. The van der Waals surface area contributed by atoms with Gasteiger partial charge in [-0.05, 0) is 35.4 Å². The van der Waals surface area contributed by atoms with E-state index in [1.165, 1.54) is 0 Å². The van der Waals surface area contributed by atoms with E-state index in [1.54, 1.807) is 12.1 Å². The van der Waals surface area contributed by atoms with E-state index in [-0.39, 0.29) is 11.9 Å². The molecule has 1 aliphatic heterocycles. The zero-order valence-electron chi connectivity index (χ0n) is 11.4. The molecule has 0 saturated heterocycles. The molecule has 2 aromatic rings. The van der Waals surface area contributed by atoms with Crippen LogP contribution in [-0.2, 0) is 6.54 Å². The Morgan fingerprint density at radius 3 is 2.76 bits per heavy atom. The standard InChI is InChI=1S/C16H16BrN3O/c17-13-6-7-14-12(8-13)9-20(10-15(14)18)19-16(21)11-4-2-1-3-5-11/h1-8,15H,9-10,18H2,(H,19,21). The second-order valence-corrected chi connectivity index (χ2v) is 6.05. The number of fused-ring (bicyclic) bond motifs is 1. The maximum absolute atomic E-state index is 12.2. The van der Waals surface area contributed by atoms with E-state index in [1.807, 2.05) is 35.3 Å². The average molecular weight is 346 g/mol. The Balaban J connectivity index is 1.75. The third-order valence-electron chi connectivity index (χ3n) is 3.58. The number of nitrogens with zero attached hydrogens (tertiary/aromatic N) is 1. The Hall–Kier alpha value is -1.69. The van der Waals surface area contributed by atoms with Crippen LogP contribution in [0.15, 0.2) is 53.0 Å². The SMILES string of the molecule is NC1CN(NC(=O)c2ccccc2)Cc2cc(Br)ccc21. The molecule has 21 heavy (non-hydrogen) atoms. The van der Waals surface area contributed by atoms with Crippen molar-refractivity contribution in [3.8, 4) is 0 Å². The Kier molecular flexibility index (Phi) is 4.05. The number of amides is 1. The number of rotatable bonds is 2. The van der Waals surface area contributed by atoms with Gasteiger partial charge in [-0.2, -0.15) is 0 Å². The van der Waals surface area contributed by atoms with E-state index in [2.05, 4.69) is 27.4 Å². The largest absolute Gasteiger partial charge is 0.323 e. The van der Waals surface area contributed by atoms with Crippen molar-refractivity contribution in [2.75, 3.05) is 6.54 Å². The molecular formula is C16H16BrN3O. The molecule has 2 aromatic carbocycles. The quantitative estimate of drug-likeness (QED) is 0.879. The first kappa shape index (κ1) is 14.3. The molecule has 0 fully saturated rings. The van der Waals surface area contributed by atoms with Crippen molar-refractivity contribution in [2.24, 2.45) is 5.73 Å². The molecule has 3 N–H and O–H groups in total. The third kappa shape index (κ3) is 3.15. The molecule has 5 heteroatoms. The number of carbonyl (C=O) groups excluding carboxylic acids is 1. The summed E-state index contributed by atoms with van der Waals surface area (Å²) < 4.78 is 1.02. The molecule has 0 radical (unpaired) electrons. The monoisotopic (exact) mass is 345 g/mol. The van der Waals surface area contributed by atoms with Gasteiger partial charge in [-0.15, -0.1) is 0 Å². The normalized spacial score (nSPS) is 18.1. The summed E-state index contributed by atoms with van der Waals surface area (Å²) in [6.07, 6.45) is 0. The predicted molar refractivity (Wildman–Crippen MR) is 85.4 cm³/mol. The number of hydrazine groups is 1. The van der Waals surface area contributed by atoms with Gasteiger partial charge in [0.15, 0.2) is 0 Å². The molecule has 0 bridgehead atoms. The summed E-state index contributed by atoms with van der Waals surface area (Å²) in [4.78, 5) is 12.2. The van der Waals surface area contributed by atoms with Crippen molar-refractivity contribution in [3.63, 3.8) is 0 Å². The van der Waals surface area contributed by atoms with Gasteiger partial charge >= 0.3 is 0 Å². The van der Waals surface area contributed by atoms with Crippen LogP contribution in [0.4, 0.5) is 0 Å². The Labute approximate surface area is 132 Å². The van der Waals surface area contributed by atoms with Gasteiger partial charge in [0.2, 0.25) is 0 Å². The minimum absolute atomic E-state index is 0.0991. The highest BCUT2D eigenvalue weighted by Crippen LogP contribution is 2.26. The Bertz CT molecular complexity index is 660. The van der Waals surface area contributed by atoms with Crippen LogP contribution in [0.3, 0.4) is 0 Å². The summed E-state index contributed by atoms with van der Waals surface area (Å²) in [6, 6.07) is 15.2. The molecule has 3 rings (SSSR count). The molecule has 0 saturated carbocycles. The highest BCUT2D eigenvalue weighted by atomic mass is 79.9. The number of nitrogens with one attached hydrogen (secondary N) is 1. The van der Waals surface area contributed by atoms with Crippen molar-refractivity contribution in [1.82, 2.24) is 10.4 Å². The summed E-state index contributed by atoms with van der Waals surface area (Å²) >= 11 is 3.47. The van der Waals surface area contributed by atoms with E-state index < -0.39 is 0 Å². The fourth-order valence-corrected chi connectivity index (χ4v) is 2.97. The Morgan fingerprint density at radius 1 is 1.24 bits per heavy atom. The number of nitrogens with two attached hydrogens (primary N) is 1. The van der Waals surface area contributed by atoms with Crippen LogP contribution in [0.25, 0.3) is 0 Å². The molecule has 1 aliphatic rings. The summed E-state index contributed by atoms with van der Waals surface area (Å²) in [5, 5.41) is 1.87. The van der Waals surface area contributed by atoms with Gasteiger partial charge in [0.1, 0.15) is 0 Å². The number of benzene rings is 2. The molecule has 0 aliphatic carbocycles. The highest BCUT2D eigenvalue weighted by molar-refractivity contribution is 9.10. The van der Waals surface area contributed by atoms with Gasteiger partial charge in [0.05, 0.1) is 0 Å². The van der Waals surface area contributed by atoms with Crippen LogP contribution >= 0.6 is 15.9 Å². The van der Waals surface area contributed by atoms with E-state index in [0.29, 0.717) is 18.7 Å². The number of halogens is 1. The van der Waals surface area contributed by atoms with Crippen LogP contribution in [0, 0.1) is 0 Å². The molecule has 1 unspecified atom stereocenters. The lowest BCUT2D eigenvalue weighted by molar-refractivity contribution is 0.0744. The predicted octanol–water partition coefficient (Wildman–Crippen LogP) is 2.61. The van der Waals surface area contributed by atoms with Crippen molar-refractivity contribution in [2.45, 2.75) is 12.6 Å². The molecule has 108 valence electrons. The molecule has 0 aromatic heterocycles. The van der Waals surface area contributed by atoms with Crippen LogP contribution in [0.2, 0.25) is 0 Å². The van der Waals surface area contributed by atoms with Gasteiger partial charge in [-0.3, -0.25) is 10.2 Å². The second-order valence-electron chi connectivity index (χ2n) is 5.14. The lowest BCUT2D eigenvalue weighted by Gasteiger charge is -2.33. The van der Waals surface area contributed by atoms with Crippen molar-refractivity contribution in [3.05, 3.63) is 69.7 Å². The van der Waals surface area contributed by atoms with E-state index in [9.17, 15) is 4.79 Å². The van der Waals surface area contributed by atoms with Gasteiger partial charge in [0.25, 0.3) is 5.91 Å². The maximum Gasteiger partial charge on any atom is 0.265 e. The topological polar surface area (TPSA) is 58.4 Å². The minimum Gasteiger partial charge on any atom is -0.323 e. The maximum atomic E-state index is 12.2. The van der Waals surface area contributed by atoms with E-state index >= 15 is 0 Å². The lowest BCUT2D eigenvalue weighted by atomic mass is 9.97. The first-order valence-corrected chi connectivity index (χ1v) is 7.57. The summed E-state index contributed by atoms with van der Waals surface area (Å²) in [5.41, 5.74) is 12.0. The second kappa shape index (κ2) is 5.97. The minimum atomic E-state index is -0.110. The van der Waals surface area contributed by atoms with Gasteiger partial charge in [-0.25, -0.2) is 5.01 Å². The molecular weight excluding hydrogens is 330 g/mol. The van der Waals surface area contributed by atoms with Crippen LogP contribution < -0.4 is 11.2 Å². The molecule has 1 heterocycles. The van der Waals surface area contributed by atoms with E-state index in [0.717, 1.165) is 15.6 Å². The molecule has 1 atom stereocenters. The fourth-order valence-electron chi connectivity index (χ4n) is 2.56. The van der Waals surface area contributed by atoms with Crippen LogP contribution in [0.5, 0.6) is 0 Å². The van der Waals surface area contributed by atoms with Gasteiger partial charge in [0, 0.05) is 29.2 Å². The number of carbonyl (C=O) groups is 1. The first-order valence-electron chi connectivity index (χ1n) is 6.78. The summed E-state index contributed by atoms with van der Waals surface area (Å²) in [5.74, 6) is -0.110. The molecule has 0 spiro atoms.